The first kappa shape index (κ1) is 13.8. The summed E-state index contributed by atoms with van der Waals surface area (Å²) in [5, 5.41) is 8.64. The number of aliphatic hydroxyl groups is 1. The molecule has 0 amide bonds. The van der Waals surface area contributed by atoms with Crippen molar-refractivity contribution in [2.45, 2.75) is 12.5 Å². The molecule has 1 aromatic carbocycles. The minimum atomic E-state index is -0.328. The summed E-state index contributed by atoms with van der Waals surface area (Å²) in [5.74, 6) is -0.328. The Labute approximate surface area is 96.8 Å². The molecule has 0 radical (unpaired) electrons. The molecule has 1 atom stereocenters. The van der Waals surface area contributed by atoms with Crippen molar-refractivity contribution in [1.29, 1.82) is 0 Å². The van der Waals surface area contributed by atoms with Crippen LogP contribution >= 0.6 is 28.3 Å². The first-order valence-corrected chi connectivity index (χ1v) is 4.76. The summed E-state index contributed by atoms with van der Waals surface area (Å²) in [4.78, 5) is 0. The molecular weight excluding hydrogens is 272 g/mol. The molecule has 0 bridgehead atoms. The van der Waals surface area contributed by atoms with Crippen LogP contribution in [0.3, 0.4) is 0 Å². The van der Waals surface area contributed by atoms with E-state index in [0.717, 1.165) is 0 Å². The lowest BCUT2D eigenvalue weighted by Crippen LogP contribution is -2.12. The summed E-state index contributed by atoms with van der Waals surface area (Å²) in [5.41, 5.74) is 6.39. The first-order chi connectivity index (χ1) is 6.15. The first-order valence-electron chi connectivity index (χ1n) is 3.96. The molecule has 0 fully saturated rings. The summed E-state index contributed by atoms with van der Waals surface area (Å²) in [7, 11) is 0. The molecule has 5 heteroatoms. The highest BCUT2D eigenvalue weighted by atomic mass is 79.9. The second kappa shape index (κ2) is 6.35. The lowest BCUT2D eigenvalue weighted by atomic mass is 10.1. The maximum absolute atomic E-state index is 13.0. The fourth-order valence-corrected chi connectivity index (χ4v) is 1.30. The van der Waals surface area contributed by atoms with Crippen molar-refractivity contribution in [2.75, 3.05) is 6.61 Å². The van der Waals surface area contributed by atoms with Gasteiger partial charge >= 0.3 is 0 Å². The van der Waals surface area contributed by atoms with Crippen molar-refractivity contribution >= 4 is 28.3 Å². The lowest BCUT2D eigenvalue weighted by Gasteiger charge is -2.10. The van der Waals surface area contributed by atoms with E-state index < -0.39 is 0 Å². The highest BCUT2D eigenvalue weighted by Crippen LogP contribution is 2.20. The average molecular weight is 285 g/mol. The maximum atomic E-state index is 13.0. The van der Waals surface area contributed by atoms with Gasteiger partial charge in [0.25, 0.3) is 0 Å². The Morgan fingerprint density at radius 3 is 2.64 bits per heavy atom. The van der Waals surface area contributed by atoms with E-state index in [0.29, 0.717) is 16.5 Å². The predicted molar refractivity (Wildman–Crippen MR) is 60.0 cm³/mol. The van der Waals surface area contributed by atoms with Crippen LogP contribution in [0, 0.1) is 5.82 Å². The summed E-state index contributed by atoms with van der Waals surface area (Å²) >= 11 is 3.05. The van der Waals surface area contributed by atoms with Crippen LogP contribution in [0.1, 0.15) is 18.0 Å². The van der Waals surface area contributed by atoms with E-state index in [-0.39, 0.29) is 30.9 Å². The fraction of sp³-hybridized carbons (Fsp3) is 0.333. The van der Waals surface area contributed by atoms with Crippen molar-refractivity contribution in [3.8, 4) is 0 Å². The standard InChI is InChI=1S/C9H11BrFNO.ClH/c10-7-2-1-6(5-8(7)11)9(12)3-4-13;/h1-2,5,9,13H,3-4,12H2;1H. The molecule has 0 aliphatic carbocycles. The van der Waals surface area contributed by atoms with Crippen LogP contribution in [-0.2, 0) is 0 Å². The van der Waals surface area contributed by atoms with Gasteiger partial charge in [0.1, 0.15) is 5.82 Å². The van der Waals surface area contributed by atoms with Gasteiger partial charge in [-0.05, 0) is 40.0 Å². The number of nitrogens with two attached hydrogens (primary N) is 1. The third-order valence-corrected chi connectivity index (χ3v) is 2.46. The van der Waals surface area contributed by atoms with Crippen molar-refractivity contribution in [1.82, 2.24) is 0 Å². The molecule has 0 heterocycles. The third kappa shape index (κ3) is 3.53. The van der Waals surface area contributed by atoms with Crippen molar-refractivity contribution in [2.24, 2.45) is 5.73 Å². The molecule has 0 spiro atoms. The molecule has 0 saturated heterocycles. The Balaban J connectivity index is 0.00000169. The van der Waals surface area contributed by atoms with Gasteiger partial charge in [-0.3, -0.25) is 0 Å². The third-order valence-electron chi connectivity index (χ3n) is 1.81. The van der Waals surface area contributed by atoms with Gasteiger partial charge in [-0.15, -0.1) is 12.4 Å². The van der Waals surface area contributed by atoms with Crippen LogP contribution < -0.4 is 5.73 Å². The minimum absolute atomic E-state index is 0. The number of hydrogen-bond acceptors (Lipinski definition) is 2. The minimum Gasteiger partial charge on any atom is -0.396 e. The van der Waals surface area contributed by atoms with Gasteiger partial charge in [0, 0.05) is 12.6 Å². The molecule has 0 aromatic heterocycles. The molecule has 14 heavy (non-hydrogen) atoms. The van der Waals surface area contributed by atoms with Gasteiger partial charge in [-0.2, -0.15) is 0 Å². The molecule has 0 aliphatic rings. The number of halogens is 3. The quantitative estimate of drug-likeness (QED) is 0.895. The van der Waals surface area contributed by atoms with Gasteiger partial charge in [0.2, 0.25) is 0 Å². The maximum Gasteiger partial charge on any atom is 0.137 e. The Hall–Kier alpha value is -0.160. The van der Waals surface area contributed by atoms with Crippen LogP contribution in [0.15, 0.2) is 22.7 Å². The largest absolute Gasteiger partial charge is 0.396 e. The molecule has 1 unspecified atom stereocenters. The molecule has 80 valence electrons. The van der Waals surface area contributed by atoms with E-state index in [1.54, 1.807) is 12.1 Å². The summed E-state index contributed by atoms with van der Waals surface area (Å²) in [6, 6.07) is 4.44. The second-order valence-corrected chi connectivity index (χ2v) is 3.65. The Morgan fingerprint density at radius 2 is 2.14 bits per heavy atom. The summed E-state index contributed by atoms with van der Waals surface area (Å²) in [6.45, 7) is 0.0127. The van der Waals surface area contributed by atoms with Crippen LogP contribution in [0.5, 0.6) is 0 Å². The van der Waals surface area contributed by atoms with Crippen LogP contribution in [-0.4, -0.2) is 11.7 Å². The van der Waals surface area contributed by atoms with Crippen molar-refractivity contribution in [3.05, 3.63) is 34.1 Å². The van der Waals surface area contributed by atoms with Crippen LogP contribution in [0.4, 0.5) is 4.39 Å². The van der Waals surface area contributed by atoms with Gasteiger partial charge < -0.3 is 10.8 Å². The number of benzene rings is 1. The zero-order valence-electron chi connectivity index (χ0n) is 7.41. The fourth-order valence-electron chi connectivity index (χ4n) is 1.05. The van der Waals surface area contributed by atoms with E-state index in [4.69, 9.17) is 10.8 Å². The Kier molecular flexibility index (Phi) is 6.27. The molecule has 3 N–H and O–H groups in total. The monoisotopic (exact) mass is 283 g/mol. The van der Waals surface area contributed by atoms with E-state index in [9.17, 15) is 4.39 Å². The van der Waals surface area contributed by atoms with Crippen LogP contribution in [0.2, 0.25) is 0 Å². The second-order valence-electron chi connectivity index (χ2n) is 2.79. The zero-order chi connectivity index (χ0) is 9.84. The molecule has 2 nitrogen and oxygen atoms in total. The average Bonchev–Trinajstić information content (AvgIpc) is 2.10. The molecule has 1 aromatic rings. The highest BCUT2D eigenvalue weighted by Gasteiger charge is 2.07. The van der Waals surface area contributed by atoms with E-state index >= 15 is 0 Å². The van der Waals surface area contributed by atoms with Crippen LogP contribution in [0.25, 0.3) is 0 Å². The summed E-state index contributed by atoms with van der Waals surface area (Å²) in [6.07, 6.45) is 0.446. The van der Waals surface area contributed by atoms with E-state index in [2.05, 4.69) is 15.9 Å². The molecule has 1 rings (SSSR count). The molecule has 0 saturated carbocycles. The number of rotatable bonds is 3. The van der Waals surface area contributed by atoms with Gasteiger partial charge in [-0.25, -0.2) is 4.39 Å². The van der Waals surface area contributed by atoms with Gasteiger partial charge in [0.05, 0.1) is 4.47 Å². The smallest absolute Gasteiger partial charge is 0.137 e. The molecule has 0 aliphatic heterocycles. The Bertz CT molecular complexity index is 298. The normalized spacial score (nSPS) is 12.0. The number of aliphatic hydroxyl groups excluding tert-OH is 1. The molecular formula is C9H12BrClFNO. The predicted octanol–water partition coefficient (Wildman–Crippen LogP) is 2.39. The Morgan fingerprint density at radius 1 is 1.50 bits per heavy atom. The SMILES string of the molecule is Cl.NC(CCO)c1ccc(Br)c(F)c1. The van der Waals surface area contributed by atoms with Crippen molar-refractivity contribution in [3.63, 3.8) is 0 Å². The zero-order valence-corrected chi connectivity index (χ0v) is 9.81. The summed E-state index contributed by atoms with van der Waals surface area (Å²) < 4.78 is 13.4. The van der Waals surface area contributed by atoms with Crippen molar-refractivity contribution < 1.29 is 9.50 Å². The van der Waals surface area contributed by atoms with Gasteiger partial charge in [0.15, 0.2) is 0 Å². The van der Waals surface area contributed by atoms with E-state index in [1.807, 2.05) is 0 Å². The lowest BCUT2D eigenvalue weighted by molar-refractivity contribution is 0.276. The van der Waals surface area contributed by atoms with Gasteiger partial charge in [-0.1, -0.05) is 6.07 Å². The highest BCUT2D eigenvalue weighted by molar-refractivity contribution is 9.10. The topological polar surface area (TPSA) is 46.2 Å². The van der Waals surface area contributed by atoms with E-state index in [1.165, 1.54) is 6.07 Å². The number of hydrogen-bond donors (Lipinski definition) is 2.